The molecule has 0 atom stereocenters. The Morgan fingerprint density at radius 3 is 2.83 bits per heavy atom. The number of aryl methyl sites for hydroxylation is 2. The van der Waals surface area contributed by atoms with Crippen LogP contribution in [0.5, 0.6) is 11.5 Å². The van der Waals surface area contributed by atoms with Gasteiger partial charge in [0.15, 0.2) is 16.6 Å². The number of hydrogen-bond acceptors (Lipinski definition) is 4. The Hall–Kier alpha value is -2.54. The van der Waals surface area contributed by atoms with Crippen LogP contribution in [0.2, 0.25) is 0 Å². The van der Waals surface area contributed by atoms with Crippen molar-refractivity contribution >= 4 is 23.0 Å². The van der Waals surface area contributed by atoms with Crippen LogP contribution in [0, 0.1) is 0 Å². The fourth-order valence-electron chi connectivity index (χ4n) is 2.17. The van der Waals surface area contributed by atoms with Gasteiger partial charge in [-0.25, -0.2) is 0 Å². The first-order valence-corrected chi connectivity index (χ1v) is 7.96. The molecule has 0 saturated heterocycles. The molecule has 0 unspecified atom stereocenters. The molecule has 0 saturated carbocycles. The zero-order valence-corrected chi connectivity index (χ0v) is 14.7. The van der Waals surface area contributed by atoms with E-state index in [0.717, 1.165) is 35.7 Å². The van der Waals surface area contributed by atoms with Gasteiger partial charge in [0, 0.05) is 19.3 Å². The summed E-state index contributed by atoms with van der Waals surface area (Å²) >= 11 is 5.17. The van der Waals surface area contributed by atoms with Crippen molar-refractivity contribution in [3.05, 3.63) is 48.8 Å². The number of thiocarbonyl (C=S) groups is 1. The summed E-state index contributed by atoms with van der Waals surface area (Å²) in [6, 6.07) is 5.92. The Kier molecular flexibility index (Phi) is 6.62. The molecule has 0 fully saturated rings. The summed E-state index contributed by atoms with van der Waals surface area (Å²) in [4.78, 5) is 0. The van der Waals surface area contributed by atoms with Crippen molar-refractivity contribution in [3.63, 3.8) is 0 Å². The largest absolute Gasteiger partial charge is 0.493 e. The molecule has 0 amide bonds. The maximum Gasteiger partial charge on any atom is 0.171 e. The molecule has 1 aromatic carbocycles. The molecule has 2 N–H and O–H groups in total. The fraction of sp³-hybridized carbons (Fsp3) is 0.294. The van der Waals surface area contributed by atoms with E-state index in [2.05, 4.69) is 22.3 Å². The highest BCUT2D eigenvalue weighted by Gasteiger charge is 2.05. The predicted octanol–water partition coefficient (Wildman–Crippen LogP) is 2.62. The standard InChI is InChI=1S/C17H22N4O2S/c1-4-8-18-17(24)20-14-11-19-21(12-14)9-7-13-5-6-15(22-2)16(10-13)23-3/h4-6,10-12H,1,7-9H2,2-3H3,(H2,18,20,24). The number of nitrogens with one attached hydrogen (secondary N) is 2. The summed E-state index contributed by atoms with van der Waals surface area (Å²) in [7, 11) is 3.26. The molecule has 128 valence electrons. The molecule has 0 aliphatic carbocycles. The van der Waals surface area contributed by atoms with Crippen LogP contribution in [0.1, 0.15) is 5.56 Å². The molecule has 1 aromatic heterocycles. The molecule has 6 nitrogen and oxygen atoms in total. The zero-order chi connectivity index (χ0) is 17.4. The van der Waals surface area contributed by atoms with E-state index >= 15 is 0 Å². The summed E-state index contributed by atoms with van der Waals surface area (Å²) in [6.45, 7) is 5.02. The van der Waals surface area contributed by atoms with Gasteiger partial charge in [0.1, 0.15) is 0 Å². The van der Waals surface area contributed by atoms with Crippen LogP contribution >= 0.6 is 12.2 Å². The molecule has 0 aliphatic rings. The third-order valence-electron chi connectivity index (χ3n) is 3.38. The van der Waals surface area contributed by atoms with Crippen LogP contribution in [-0.4, -0.2) is 35.7 Å². The molecular formula is C17H22N4O2S. The van der Waals surface area contributed by atoms with E-state index in [9.17, 15) is 0 Å². The average Bonchev–Trinajstić information content (AvgIpc) is 3.05. The summed E-state index contributed by atoms with van der Waals surface area (Å²) in [5.74, 6) is 1.46. The smallest absolute Gasteiger partial charge is 0.171 e. The fourth-order valence-corrected chi connectivity index (χ4v) is 2.37. The molecule has 0 aliphatic heterocycles. The number of benzene rings is 1. The van der Waals surface area contributed by atoms with Gasteiger partial charge in [0.05, 0.1) is 26.1 Å². The molecule has 2 aromatic rings. The second-order valence-electron chi connectivity index (χ2n) is 5.06. The number of ether oxygens (including phenoxy) is 2. The monoisotopic (exact) mass is 346 g/mol. The lowest BCUT2D eigenvalue weighted by Crippen LogP contribution is -2.28. The minimum Gasteiger partial charge on any atom is -0.493 e. The van der Waals surface area contributed by atoms with E-state index in [1.807, 2.05) is 29.1 Å². The van der Waals surface area contributed by atoms with Crippen LogP contribution < -0.4 is 20.1 Å². The average molecular weight is 346 g/mol. The molecule has 0 radical (unpaired) electrons. The summed E-state index contributed by atoms with van der Waals surface area (Å²) in [5.41, 5.74) is 2.00. The lowest BCUT2D eigenvalue weighted by Gasteiger charge is -2.09. The molecule has 0 spiro atoms. The quantitative estimate of drug-likeness (QED) is 0.566. The normalized spacial score (nSPS) is 10.1. The van der Waals surface area contributed by atoms with Gasteiger partial charge in [-0.2, -0.15) is 5.10 Å². The Morgan fingerprint density at radius 1 is 1.33 bits per heavy atom. The number of anilines is 1. The molecular weight excluding hydrogens is 324 g/mol. The van der Waals surface area contributed by atoms with Gasteiger partial charge in [-0.3, -0.25) is 4.68 Å². The third kappa shape index (κ3) is 4.99. The van der Waals surface area contributed by atoms with Gasteiger partial charge in [0.25, 0.3) is 0 Å². The number of nitrogens with zero attached hydrogens (tertiary/aromatic N) is 2. The predicted molar refractivity (Wildman–Crippen MR) is 99.9 cm³/mol. The van der Waals surface area contributed by atoms with Crippen molar-refractivity contribution in [2.45, 2.75) is 13.0 Å². The van der Waals surface area contributed by atoms with E-state index in [-0.39, 0.29) is 0 Å². The lowest BCUT2D eigenvalue weighted by atomic mass is 10.1. The summed E-state index contributed by atoms with van der Waals surface area (Å²) in [6.07, 6.45) is 6.25. The number of methoxy groups -OCH3 is 2. The molecule has 24 heavy (non-hydrogen) atoms. The third-order valence-corrected chi connectivity index (χ3v) is 3.62. The SMILES string of the molecule is C=CCNC(=S)Nc1cnn(CCc2ccc(OC)c(OC)c2)c1. The van der Waals surface area contributed by atoms with E-state index in [1.54, 1.807) is 26.5 Å². The Balaban J connectivity index is 1.91. The molecule has 7 heteroatoms. The summed E-state index contributed by atoms with van der Waals surface area (Å²) in [5, 5.41) is 11.0. The van der Waals surface area contributed by atoms with Crippen molar-refractivity contribution in [3.8, 4) is 11.5 Å². The first-order valence-electron chi connectivity index (χ1n) is 7.55. The molecule has 1 heterocycles. The van der Waals surface area contributed by atoms with Gasteiger partial charge in [-0.1, -0.05) is 12.1 Å². The highest BCUT2D eigenvalue weighted by atomic mass is 32.1. The van der Waals surface area contributed by atoms with E-state index in [1.165, 1.54) is 0 Å². The van der Waals surface area contributed by atoms with Gasteiger partial charge in [0.2, 0.25) is 0 Å². The minimum absolute atomic E-state index is 0.550. The second-order valence-corrected chi connectivity index (χ2v) is 5.46. The highest BCUT2D eigenvalue weighted by molar-refractivity contribution is 7.80. The highest BCUT2D eigenvalue weighted by Crippen LogP contribution is 2.27. The Morgan fingerprint density at radius 2 is 2.12 bits per heavy atom. The summed E-state index contributed by atoms with van der Waals surface area (Å²) < 4.78 is 12.4. The van der Waals surface area contributed by atoms with E-state index in [4.69, 9.17) is 21.7 Å². The van der Waals surface area contributed by atoms with Crippen LogP contribution in [0.25, 0.3) is 0 Å². The maximum absolute atomic E-state index is 5.32. The van der Waals surface area contributed by atoms with Crippen LogP contribution in [0.3, 0.4) is 0 Å². The second kappa shape index (κ2) is 8.93. The first-order chi connectivity index (χ1) is 11.7. The number of hydrogen-bond donors (Lipinski definition) is 2. The zero-order valence-electron chi connectivity index (χ0n) is 13.9. The van der Waals surface area contributed by atoms with Crippen LogP contribution in [-0.2, 0) is 13.0 Å². The maximum atomic E-state index is 5.32. The minimum atomic E-state index is 0.550. The van der Waals surface area contributed by atoms with Crippen molar-refractivity contribution in [1.82, 2.24) is 15.1 Å². The van der Waals surface area contributed by atoms with Crippen molar-refractivity contribution < 1.29 is 9.47 Å². The van der Waals surface area contributed by atoms with Crippen LogP contribution in [0.4, 0.5) is 5.69 Å². The van der Waals surface area contributed by atoms with Gasteiger partial charge >= 0.3 is 0 Å². The number of aromatic nitrogens is 2. The topological polar surface area (TPSA) is 60.3 Å². The van der Waals surface area contributed by atoms with E-state index in [0.29, 0.717) is 11.7 Å². The molecule has 0 bridgehead atoms. The lowest BCUT2D eigenvalue weighted by molar-refractivity contribution is 0.354. The van der Waals surface area contributed by atoms with E-state index < -0.39 is 0 Å². The van der Waals surface area contributed by atoms with Crippen LogP contribution in [0.15, 0.2) is 43.2 Å². The van der Waals surface area contributed by atoms with Gasteiger partial charge in [-0.15, -0.1) is 6.58 Å². The Labute approximate surface area is 147 Å². The first kappa shape index (κ1) is 17.8. The van der Waals surface area contributed by atoms with Crippen molar-refractivity contribution in [2.24, 2.45) is 0 Å². The van der Waals surface area contributed by atoms with Crippen molar-refractivity contribution in [1.29, 1.82) is 0 Å². The number of rotatable bonds is 8. The molecule has 2 rings (SSSR count). The van der Waals surface area contributed by atoms with Gasteiger partial charge in [-0.05, 0) is 36.3 Å². The van der Waals surface area contributed by atoms with Crippen molar-refractivity contribution in [2.75, 3.05) is 26.1 Å². The Bertz CT molecular complexity index is 700. The van der Waals surface area contributed by atoms with Gasteiger partial charge < -0.3 is 20.1 Å².